The molecule has 0 saturated carbocycles. The van der Waals surface area contributed by atoms with Crippen LogP contribution < -0.4 is 10.2 Å². The first-order valence-electron chi connectivity index (χ1n) is 9.09. The van der Waals surface area contributed by atoms with E-state index in [9.17, 15) is 4.79 Å². The zero-order chi connectivity index (χ0) is 19.3. The minimum Gasteiger partial charge on any atom is -0.497 e. The Balaban J connectivity index is 1.38. The zero-order valence-corrected chi connectivity index (χ0v) is 16.3. The van der Waals surface area contributed by atoms with Crippen molar-refractivity contribution in [3.63, 3.8) is 0 Å². The van der Waals surface area contributed by atoms with Gasteiger partial charge in [0.1, 0.15) is 11.4 Å². The van der Waals surface area contributed by atoms with E-state index in [4.69, 9.17) is 4.74 Å². The van der Waals surface area contributed by atoms with Gasteiger partial charge in [-0.2, -0.15) is 5.10 Å². The van der Waals surface area contributed by atoms with Gasteiger partial charge in [0.15, 0.2) is 0 Å². The molecule has 0 atom stereocenters. The first-order valence-corrected chi connectivity index (χ1v) is 9.97. The molecule has 1 aliphatic heterocycles. The number of ether oxygens (including phenoxy) is 1. The van der Waals surface area contributed by atoms with Gasteiger partial charge in [-0.25, -0.2) is 4.98 Å². The molecule has 1 aliphatic rings. The molecule has 0 radical (unpaired) electrons. The predicted octanol–water partition coefficient (Wildman–Crippen LogP) is 3.83. The molecule has 4 rings (SSSR count). The topological polar surface area (TPSA) is 82.6 Å². The van der Waals surface area contributed by atoms with Crippen LogP contribution in [0.1, 0.15) is 28.9 Å². The Morgan fingerprint density at radius 2 is 2.11 bits per heavy atom. The number of carbonyl (C=O) groups excluding carboxylic acids is 1. The molecule has 7 nitrogen and oxygen atoms in total. The fraction of sp³-hybridized carbons (Fsp3) is 0.250. The predicted molar refractivity (Wildman–Crippen MR) is 111 cm³/mol. The Bertz CT molecular complexity index is 971. The summed E-state index contributed by atoms with van der Waals surface area (Å²) in [5.41, 5.74) is 6.22. The van der Waals surface area contributed by atoms with Crippen LogP contribution in [0.2, 0.25) is 0 Å². The quantitative estimate of drug-likeness (QED) is 0.491. The Hall–Kier alpha value is -3.13. The Morgan fingerprint density at radius 3 is 2.86 bits per heavy atom. The minimum absolute atomic E-state index is 0.0569. The molecule has 1 saturated heterocycles. The van der Waals surface area contributed by atoms with E-state index in [0.29, 0.717) is 10.8 Å². The lowest BCUT2D eigenvalue weighted by Gasteiger charge is -2.13. The van der Waals surface area contributed by atoms with Gasteiger partial charge < -0.3 is 14.6 Å². The van der Waals surface area contributed by atoms with Gasteiger partial charge in [0.05, 0.1) is 19.0 Å². The number of methoxy groups -OCH3 is 1. The van der Waals surface area contributed by atoms with E-state index < -0.39 is 0 Å². The summed E-state index contributed by atoms with van der Waals surface area (Å²) in [6, 6.07) is 9.48. The number of benzene rings is 1. The van der Waals surface area contributed by atoms with E-state index in [1.807, 2.05) is 46.8 Å². The maximum atomic E-state index is 12.5. The molecular formula is C20H21N5O2S. The maximum Gasteiger partial charge on any atom is 0.270 e. The number of hydrogen-bond donors (Lipinski definition) is 2. The summed E-state index contributed by atoms with van der Waals surface area (Å²) >= 11 is 1.46. The second kappa shape index (κ2) is 8.26. The molecule has 2 aromatic heterocycles. The lowest BCUT2D eigenvalue weighted by Crippen LogP contribution is -2.27. The van der Waals surface area contributed by atoms with Crippen LogP contribution in [0.4, 0.5) is 5.13 Å². The fourth-order valence-electron chi connectivity index (χ4n) is 3.07. The normalized spacial score (nSPS) is 14.0. The number of rotatable bonds is 6. The molecule has 28 heavy (non-hydrogen) atoms. The van der Waals surface area contributed by atoms with E-state index in [1.165, 1.54) is 11.3 Å². The number of hydrazone groups is 1. The summed E-state index contributed by atoms with van der Waals surface area (Å²) in [7, 11) is 1.64. The minimum atomic E-state index is 0.0569. The highest BCUT2D eigenvalue weighted by molar-refractivity contribution is 7.14. The Labute approximate surface area is 167 Å². The molecule has 2 N–H and O–H groups in total. The van der Waals surface area contributed by atoms with Gasteiger partial charge in [-0.05, 0) is 48.7 Å². The summed E-state index contributed by atoms with van der Waals surface area (Å²) in [6.07, 6.45) is 5.71. The second-order valence-electron chi connectivity index (χ2n) is 6.48. The monoisotopic (exact) mass is 395 g/mol. The number of aromatic amines is 1. The average molecular weight is 395 g/mol. The van der Waals surface area contributed by atoms with E-state index in [1.54, 1.807) is 13.3 Å². The fourth-order valence-corrected chi connectivity index (χ4v) is 3.73. The van der Waals surface area contributed by atoms with Crippen molar-refractivity contribution in [3.8, 4) is 17.0 Å². The van der Waals surface area contributed by atoms with Crippen LogP contribution >= 0.6 is 11.3 Å². The van der Waals surface area contributed by atoms with Crippen molar-refractivity contribution < 1.29 is 9.53 Å². The number of H-pyrrole nitrogens is 1. The Kier molecular flexibility index (Phi) is 5.38. The molecule has 0 unspecified atom stereocenters. The van der Waals surface area contributed by atoms with Crippen molar-refractivity contribution in [2.75, 3.05) is 25.6 Å². The van der Waals surface area contributed by atoms with E-state index >= 15 is 0 Å². The molecular weight excluding hydrogens is 374 g/mol. The van der Waals surface area contributed by atoms with Crippen molar-refractivity contribution in [1.29, 1.82) is 0 Å². The van der Waals surface area contributed by atoms with Gasteiger partial charge >= 0.3 is 0 Å². The van der Waals surface area contributed by atoms with Crippen molar-refractivity contribution in [1.82, 2.24) is 14.9 Å². The number of nitrogens with zero attached hydrogens (tertiary/aromatic N) is 3. The van der Waals surface area contributed by atoms with Crippen LogP contribution in [0.3, 0.4) is 0 Å². The summed E-state index contributed by atoms with van der Waals surface area (Å²) in [6.45, 7) is 1.67. The third kappa shape index (κ3) is 4.07. The molecule has 0 bridgehead atoms. The van der Waals surface area contributed by atoms with Crippen molar-refractivity contribution in [2.45, 2.75) is 12.8 Å². The number of thiazole rings is 1. The van der Waals surface area contributed by atoms with Gasteiger partial charge in [-0.1, -0.05) is 0 Å². The van der Waals surface area contributed by atoms with Gasteiger partial charge in [0, 0.05) is 30.2 Å². The van der Waals surface area contributed by atoms with Gasteiger partial charge in [-0.15, -0.1) is 11.3 Å². The molecule has 3 aromatic rings. The molecule has 144 valence electrons. The highest BCUT2D eigenvalue weighted by Gasteiger charge is 2.21. The lowest BCUT2D eigenvalue weighted by molar-refractivity contribution is 0.0788. The summed E-state index contributed by atoms with van der Waals surface area (Å²) in [4.78, 5) is 22.0. The molecule has 0 spiro atoms. The van der Waals surface area contributed by atoms with Crippen molar-refractivity contribution in [3.05, 3.63) is 53.2 Å². The van der Waals surface area contributed by atoms with Crippen LogP contribution in [0.5, 0.6) is 5.75 Å². The third-order valence-corrected chi connectivity index (χ3v) is 5.34. The van der Waals surface area contributed by atoms with Crippen LogP contribution in [0.25, 0.3) is 11.3 Å². The van der Waals surface area contributed by atoms with Crippen molar-refractivity contribution >= 4 is 28.6 Å². The maximum absolute atomic E-state index is 12.5. The zero-order valence-electron chi connectivity index (χ0n) is 15.5. The third-order valence-electron chi connectivity index (χ3n) is 4.60. The Morgan fingerprint density at radius 1 is 1.32 bits per heavy atom. The number of nitrogens with one attached hydrogen (secondary N) is 2. The van der Waals surface area contributed by atoms with Gasteiger partial charge in [0.2, 0.25) is 5.13 Å². The van der Waals surface area contributed by atoms with E-state index in [0.717, 1.165) is 48.5 Å². The standard InChI is InChI=1S/C20H21N5O2S/c1-27-16-6-4-14(5-7-16)11-22-24-20-23-18(13-28-20)15-10-17(21-12-15)19(26)25-8-2-3-9-25/h4-7,10-13,21H,2-3,8-9H2,1H3,(H,23,24). The summed E-state index contributed by atoms with van der Waals surface area (Å²) in [5, 5.41) is 6.85. The highest BCUT2D eigenvalue weighted by Crippen LogP contribution is 2.26. The molecule has 1 aromatic carbocycles. The van der Waals surface area contributed by atoms with E-state index in [2.05, 4.69) is 20.5 Å². The van der Waals surface area contributed by atoms with Crippen LogP contribution in [-0.2, 0) is 0 Å². The van der Waals surface area contributed by atoms with Gasteiger partial charge in [0.25, 0.3) is 5.91 Å². The van der Waals surface area contributed by atoms with Crippen LogP contribution in [0.15, 0.2) is 47.0 Å². The number of hydrogen-bond acceptors (Lipinski definition) is 6. The van der Waals surface area contributed by atoms with Crippen LogP contribution in [0, 0.1) is 0 Å². The van der Waals surface area contributed by atoms with Crippen LogP contribution in [-0.4, -0.2) is 47.2 Å². The number of likely N-dealkylation sites (tertiary alicyclic amines) is 1. The first kappa shape index (κ1) is 18.2. The van der Waals surface area contributed by atoms with E-state index in [-0.39, 0.29) is 5.91 Å². The highest BCUT2D eigenvalue weighted by atomic mass is 32.1. The molecule has 3 heterocycles. The second-order valence-corrected chi connectivity index (χ2v) is 7.34. The number of carbonyl (C=O) groups is 1. The number of aromatic nitrogens is 2. The smallest absolute Gasteiger partial charge is 0.270 e. The molecule has 1 amide bonds. The van der Waals surface area contributed by atoms with Crippen molar-refractivity contribution in [2.24, 2.45) is 5.10 Å². The molecule has 8 heteroatoms. The number of amides is 1. The van der Waals surface area contributed by atoms with Gasteiger partial charge in [-0.3, -0.25) is 10.2 Å². The molecule has 1 fully saturated rings. The lowest BCUT2D eigenvalue weighted by atomic mass is 10.2. The number of anilines is 1. The summed E-state index contributed by atoms with van der Waals surface area (Å²) in [5.74, 6) is 0.866. The first-order chi connectivity index (χ1) is 13.7. The molecule has 0 aliphatic carbocycles. The summed E-state index contributed by atoms with van der Waals surface area (Å²) < 4.78 is 5.14. The largest absolute Gasteiger partial charge is 0.497 e. The SMILES string of the molecule is COc1ccc(C=NNc2nc(-c3c[nH]c(C(=O)N4CCCC4)c3)cs2)cc1. The average Bonchev–Trinajstić information content (AvgIpc) is 3.49.